The van der Waals surface area contributed by atoms with Crippen LogP contribution in [0.5, 0.6) is 0 Å². The molecule has 0 N–H and O–H groups in total. The Labute approximate surface area is 77.1 Å². The Morgan fingerprint density at radius 2 is 1.83 bits per heavy atom. The van der Waals surface area contributed by atoms with E-state index in [4.69, 9.17) is 0 Å². The van der Waals surface area contributed by atoms with Crippen LogP contribution < -0.4 is 0 Å². The fourth-order valence-electron chi connectivity index (χ4n) is 2.09. The summed E-state index contributed by atoms with van der Waals surface area (Å²) in [5.41, 5.74) is 0. The fourth-order valence-corrected chi connectivity index (χ4v) is 2.44. The van der Waals surface area contributed by atoms with Gasteiger partial charge in [-0.15, -0.1) is 0 Å². The number of unbranched alkanes of at least 4 members (excludes halogenated alkanes) is 1. The third-order valence-corrected chi connectivity index (χ3v) is 3.34. The highest BCUT2D eigenvalue weighted by Gasteiger charge is 2.12. The van der Waals surface area contributed by atoms with Crippen LogP contribution in [0.3, 0.4) is 0 Å². The van der Waals surface area contributed by atoms with Crippen molar-refractivity contribution in [3.8, 4) is 0 Å². The van der Waals surface area contributed by atoms with Gasteiger partial charge in [-0.1, -0.05) is 44.9 Å². The van der Waals surface area contributed by atoms with Gasteiger partial charge in [-0.3, -0.25) is 4.57 Å². The van der Waals surface area contributed by atoms with E-state index in [0.717, 1.165) is 18.5 Å². The number of hydrogen-bond acceptors (Lipinski definition) is 1. The first kappa shape index (κ1) is 10.2. The molecule has 0 aromatic carbocycles. The summed E-state index contributed by atoms with van der Waals surface area (Å²) in [7, 11) is 0.332. The van der Waals surface area contributed by atoms with E-state index in [1.165, 1.54) is 44.9 Å². The highest BCUT2D eigenvalue weighted by Crippen LogP contribution is 2.27. The summed E-state index contributed by atoms with van der Waals surface area (Å²) in [6, 6.07) is 0. The first-order valence-electron chi connectivity index (χ1n) is 5.22. The van der Waals surface area contributed by atoms with E-state index >= 15 is 0 Å². The van der Waals surface area contributed by atoms with Gasteiger partial charge in [-0.2, -0.15) is 0 Å². The van der Waals surface area contributed by atoms with Crippen molar-refractivity contribution in [1.29, 1.82) is 0 Å². The lowest BCUT2D eigenvalue weighted by Crippen LogP contribution is -2.05. The smallest absolute Gasteiger partial charge is 0.155 e. The van der Waals surface area contributed by atoms with Crippen molar-refractivity contribution < 1.29 is 4.57 Å². The molecule has 0 bridgehead atoms. The molecular weight excluding hydrogens is 167 g/mol. The van der Waals surface area contributed by atoms with Gasteiger partial charge >= 0.3 is 0 Å². The Hall–Kier alpha value is 0.100. The Kier molecular flexibility index (Phi) is 5.60. The average Bonchev–Trinajstić information content (AvgIpc) is 2.14. The van der Waals surface area contributed by atoms with E-state index in [-0.39, 0.29) is 0 Å². The molecule has 1 aliphatic carbocycles. The highest BCUT2D eigenvalue weighted by molar-refractivity contribution is 7.23. The lowest BCUT2D eigenvalue weighted by Gasteiger charge is -2.20. The van der Waals surface area contributed by atoms with Crippen LogP contribution in [0, 0.1) is 5.92 Å². The summed E-state index contributed by atoms with van der Waals surface area (Å²) in [6.45, 7) is 0. The molecule has 0 spiro atoms. The van der Waals surface area contributed by atoms with Crippen LogP contribution in [0.15, 0.2) is 0 Å². The number of rotatable bonds is 5. The van der Waals surface area contributed by atoms with E-state index < -0.39 is 0 Å². The molecule has 1 fully saturated rings. The summed E-state index contributed by atoms with van der Waals surface area (Å²) in [5.74, 6) is 1.00. The van der Waals surface area contributed by atoms with Crippen LogP contribution in [-0.4, -0.2) is 6.16 Å². The summed E-state index contributed by atoms with van der Waals surface area (Å²) < 4.78 is 10.2. The average molecular weight is 186 g/mol. The molecular formula is C10H19OP. The van der Waals surface area contributed by atoms with E-state index in [2.05, 4.69) is 0 Å². The number of hydrogen-bond donors (Lipinski definition) is 0. The molecule has 2 heteroatoms. The van der Waals surface area contributed by atoms with Crippen molar-refractivity contribution in [2.24, 2.45) is 5.92 Å². The van der Waals surface area contributed by atoms with Crippen molar-refractivity contribution in [1.82, 2.24) is 0 Å². The van der Waals surface area contributed by atoms with Crippen molar-refractivity contribution >= 4 is 8.46 Å². The standard InChI is InChI=1S/C10H19OP/c11-12-9-5-4-8-10-6-2-1-3-7-10/h10H,1-9H2. The zero-order valence-electron chi connectivity index (χ0n) is 7.80. The van der Waals surface area contributed by atoms with Gasteiger partial charge in [0.15, 0.2) is 8.46 Å². The van der Waals surface area contributed by atoms with Crippen LogP contribution in [-0.2, 0) is 4.57 Å². The third-order valence-electron chi connectivity index (χ3n) is 2.84. The summed E-state index contributed by atoms with van der Waals surface area (Å²) in [5, 5.41) is 0. The lowest BCUT2D eigenvalue weighted by molar-refractivity contribution is 0.331. The molecule has 1 saturated carbocycles. The Balaban J connectivity index is 1.94. The zero-order chi connectivity index (χ0) is 8.65. The first-order valence-corrected chi connectivity index (χ1v) is 6.22. The van der Waals surface area contributed by atoms with E-state index in [9.17, 15) is 4.57 Å². The minimum Gasteiger partial charge on any atom is -0.275 e. The van der Waals surface area contributed by atoms with Gasteiger partial charge in [0.2, 0.25) is 0 Å². The molecule has 1 nitrogen and oxygen atoms in total. The van der Waals surface area contributed by atoms with Crippen LogP contribution in [0.4, 0.5) is 0 Å². The van der Waals surface area contributed by atoms with Crippen LogP contribution in [0.25, 0.3) is 0 Å². The van der Waals surface area contributed by atoms with E-state index in [0.29, 0.717) is 8.46 Å². The minimum atomic E-state index is 0.332. The second kappa shape index (κ2) is 6.60. The van der Waals surface area contributed by atoms with Gasteiger partial charge < -0.3 is 0 Å². The highest BCUT2D eigenvalue weighted by atomic mass is 31.1. The van der Waals surface area contributed by atoms with Gasteiger partial charge in [0.05, 0.1) is 0 Å². The molecule has 0 saturated heterocycles. The van der Waals surface area contributed by atoms with Gasteiger partial charge in [0.1, 0.15) is 0 Å². The quantitative estimate of drug-likeness (QED) is 0.468. The molecule has 0 radical (unpaired) electrons. The molecule has 0 aromatic heterocycles. The monoisotopic (exact) mass is 186 g/mol. The van der Waals surface area contributed by atoms with Crippen LogP contribution >= 0.6 is 8.46 Å². The Bertz CT molecular complexity index is 119. The van der Waals surface area contributed by atoms with E-state index in [1.807, 2.05) is 0 Å². The van der Waals surface area contributed by atoms with Crippen molar-refractivity contribution in [2.75, 3.05) is 6.16 Å². The molecule has 1 rings (SSSR count). The predicted molar refractivity (Wildman–Crippen MR) is 52.9 cm³/mol. The zero-order valence-corrected chi connectivity index (χ0v) is 8.69. The third kappa shape index (κ3) is 4.21. The van der Waals surface area contributed by atoms with Gasteiger partial charge in [-0.05, 0) is 12.3 Å². The fraction of sp³-hybridized carbons (Fsp3) is 1.00. The van der Waals surface area contributed by atoms with Crippen LogP contribution in [0.2, 0.25) is 0 Å². The van der Waals surface area contributed by atoms with Crippen molar-refractivity contribution in [3.05, 3.63) is 0 Å². The SMILES string of the molecule is O=PCCCCC1CCCCC1. The molecule has 70 valence electrons. The van der Waals surface area contributed by atoms with Crippen molar-refractivity contribution in [2.45, 2.75) is 51.4 Å². The molecule has 0 aromatic rings. The normalized spacial score (nSPS) is 20.0. The second-order valence-corrected chi connectivity index (χ2v) is 4.56. The largest absolute Gasteiger partial charge is 0.275 e. The minimum absolute atomic E-state index is 0.332. The lowest BCUT2D eigenvalue weighted by atomic mass is 9.86. The van der Waals surface area contributed by atoms with Crippen molar-refractivity contribution in [3.63, 3.8) is 0 Å². The first-order chi connectivity index (χ1) is 5.93. The molecule has 0 amide bonds. The van der Waals surface area contributed by atoms with Crippen LogP contribution in [0.1, 0.15) is 51.4 Å². The second-order valence-electron chi connectivity index (χ2n) is 3.85. The topological polar surface area (TPSA) is 17.1 Å². The molecule has 12 heavy (non-hydrogen) atoms. The van der Waals surface area contributed by atoms with Gasteiger partial charge in [0.25, 0.3) is 0 Å². The van der Waals surface area contributed by atoms with E-state index in [1.54, 1.807) is 0 Å². The molecule has 0 unspecified atom stereocenters. The summed E-state index contributed by atoms with van der Waals surface area (Å²) in [6.07, 6.45) is 12.0. The molecule has 0 aliphatic heterocycles. The summed E-state index contributed by atoms with van der Waals surface area (Å²) in [4.78, 5) is 0. The molecule has 0 heterocycles. The summed E-state index contributed by atoms with van der Waals surface area (Å²) >= 11 is 0. The maximum Gasteiger partial charge on any atom is 0.155 e. The Morgan fingerprint density at radius 3 is 2.50 bits per heavy atom. The maximum absolute atomic E-state index is 10.2. The molecule has 0 atom stereocenters. The van der Waals surface area contributed by atoms with Gasteiger partial charge in [0, 0.05) is 6.16 Å². The predicted octanol–water partition coefficient (Wildman–Crippen LogP) is 4.03. The van der Waals surface area contributed by atoms with Gasteiger partial charge in [-0.25, -0.2) is 0 Å². The maximum atomic E-state index is 10.2. The Morgan fingerprint density at radius 1 is 1.08 bits per heavy atom. The molecule has 1 aliphatic rings.